The molecule has 33 heavy (non-hydrogen) atoms. The zero-order valence-corrected chi connectivity index (χ0v) is 22.6. The van der Waals surface area contributed by atoms with Crippen molar-refractivity contribution in [3.05, 3.63) is 96.6 Å². The van der Waals surface area contributed by atoms with Gasteiger partial charge >= 0.3 is 21.2 Å². The van der Waals surface area contributed by atoms with Gasteiger partial charge in [-0.2, -0.15) is 0 Å². The lowest BCUT2D eigenvalue weighted by Crippen LogP contribution is -3.61. The first kappa shape index (κ1) is 27.4. The highest BCUT2D eigenvalue weighted by Crippen LogP contribution is 2.22. The molecule has 7 heteroatoms. The molecule has 0 amide bonds. The summed E-state index contributed by atoms with van der Waals surface area (Å²) < 4.78 is 58.4. The third-order valence-electron chi connectivity index (χ3n) is 4.80. The molecule has 0 aromatic heterocycles. The van der Waals surface area contributed by atoms with Crippen LogP contribution in [0.2, 0.25) is 0 Å². The second-order valence-electron chi connectivity index (χ2n) is 9.64. The third-order valence-corrected chi connectivity index (χ3v) is 8.36. The maximum Gasteiger partial charge on any atom is 0.357 e. The molecule has 0 bridgehead atoms. The van der Waals surface area contributed by atoms with E-state index in [1.165, 1.54) is 18.3 Å². The Kier molecular flexibility index (Phi) is 8.81. The summed E-state index contributed by atoms with van der Waals surface area (Å²) in [6.45, 7) is 13.6. The highest BCUT2D eigenvalue weighted by atomic mass is 127. The van der Waals surface area contributed by atoms with Gasteiger partial charge in [-0.15, -0.1) is 0 Å². The van der Waals surface area contributed by atoms with Gasteiger partial charge in [0.15, 0.2) is 7.14 Å². The number of benzene rings is 3. The lowest BCUT2D eigenvalue weighted by molar-refractivity contribution is -0.597. The first-order valence-electron chi connectivity index (χ1n) is 10.3. The summed E-state index contributed by atoms with van der Waals surface area (Å²) in [4.78, 5) is -1.04. The van der Waals surface area contributed by atoms with Gasteiger partial charge in [-0.05, 0) is 58.4 Å². The van der Waals surface area contributed by atoms with Crippen LogP contribution in [0.5, 0.6) is 0 Å². The van der Waals surface area contributed by atoms with Crippen molar-refractivity contribution in [1.29, 1.82) is 0 Å². The van der Waals surface area contributed by atoms with E-state index in [0.717, 1.165) is 0 Å². The Morgan fingerprint density at radius 3 is 1.39 bits per heavy atom. The van der Waals surface area contributed by atoms with Gasteiger partial charge in [-0.1, -0.05) is 65.8 Å². The zero-order valence-electron chi connectivity index (χ0n) is 19.6. The van der Waals surface area contributed by atoms with Crippen molar-refractivity contribution >= 4 is 10.1 Å². The van der Waals surface area contributed by atoms with Gasteiger partial charge in [0, 0.05) is 6.07 Å². The molecule has 0 heterocycles. The summed E-state index contributed by atoms with van der Waals surface area (Å²) in [5.74, 6) is -2.30. The predicted molar refractivity (Wildman–Crippen MR) is 122 cm³/mol. The molecule has 0 saturated carbocycles. The molecule has 0 spiro atoms. The molecule has 0 radical (unpaired) electrons. The SMILES string of the molecule is CC(C)(C)c1ccc([I+]c2ccc(C(C)(C)C)cc2)cc1.O=S(=O)([O-])c1ccc(F)cc1F. The van der Waals surface area contributed by atoms with E-state index in [0.29, 0.717) is 18.2 Å². The summed E-state index contributed by atoms with van der Waals surface area (Å²) >= 11 is -0.0703. The van der Waals surface area contributed by atoms with Crippen LogP contribution in [0.3, 0.4) is 0 Å². The lowest BCUT2D eigenvalue weighted by Gasteiger charge is -2.18. The van der Waals surface area contributed by atoms with Crippen molar-refractivity contribution in [2.24, 2.45) is 0 Å². The van der Waals surface area contributed by atoms with Crippen LogP contribution in [-0.4, -0.2) is 13.0 Å². The van der Waals surface area contributed by atoms with Gasteiger partial charge in [-0.3, -0.25) is 0 Å². The van der Waals surface area contributed by atoms with Crippen LogP contribution >= 0.6 is 0 Å². The van der Waals surface area contributed by atoms with Gasteiger partial charge in [0.05, 0.1) is 4.90 Å². The fraction of sp³-hybridized carbons (Fsp3) is 0.308. The average molecular weight is 586 g/mol. The zero-order chi connectivity index (χ0) is 25.0. The average Bonchev–Trinajstić information content (AvgIpc) is 2.67. The first-order valence-corrected chi connectivity index (χ1v) is 13.9. The van der Waals surface area contributed by atoms with E-state index >= 15 is 0 Å². The largest absolute Gasteiger partial charge is 0.744 e. The summed E-state index contributed by atoms with van der Waals surface area (Å²) in [7, 11) is -4.84. The third kappa shape index (κ3) is 8.46. The molecule has 0 atom stereocenters. The van der Waals surface area contributed by atoms with E-state index in [9.17, 15) is 21.8 Å². The normalized spacial score (nSPS) is 12.2. The Morgan fingerprint density at radius 2 is 1.09 bits per heavy atom. The predicted octanol–water partition coefficient (Wildman–Crippen LogP) is 3.28. The number of rotatable bonds is 3. The minimum atomic E-state index is -4.84. The fourth-order valence-corrected chi connectivity index (χ4v) is 5.52. The highest BCUT2D eigenvalue weighted by molar-refractivity contribution is 7.85. The second-order valence-corrected chi connectivity index (χ2v) is 14.0. The van der Waals surface area contributed by atoms with Crippen LogP contribution in [0, 0.1) is 18.8 Å². The van der Waals surface area contributed by atoms with E-state index in [1.54, 1.807) is 0 Å². The van der Waals surface area contributed by atoms with E-state index < -0.39 is 26.6 Å². The molecule has 178 valence electrons. The molecule has 0 saturated heterocycles. The second kappa shape index (κ2) is 10.6. The van der Waals surface area contributed by atoms with Gasteiger partial charge in [0.2, 0.25) is 0 Å². The minimum absolute atomic E-state index is 0.0703. The Bertz CT molecular complexity index is 1120. The standard InChI is InChI=1S/C20H26I.C6H4F2O3S/c1-19(2,3)15-7-11-17(12-8-15)21-18-13-9-16(10-14-18)20(4,5)6;7-4-1-2-6(5(8)3-4)12(9,10)11/h7-14H,1-6H3;1-3H,(H,9,10,11)/q+1;/p-1. The van der Waals surface area contributed by atoms with E-state index in [1.807, 2.05) is 0 Å². The topological polar surface area (TPSA) is 57.2 Å². The molecule has 0 unspecified atom stereocenters. The van der Waals surface area contributed by atoms with Crippen molar-refractivity contribution in [3.63, 3.8) is 0 Å². The molecule has 0 aliphatic rings. The molecule has 0 fully saturated rings. The first-order chi connectivity index (χ1) is 15.1. The highest BCUT2D eigenvalue weighted by Gasteiger charge is 2.20. The van der Waals surface area contributed by atoms with Crippen LogP contribution in [0.15, 0.2) is 71.6 Å². The molecular weight excluding hydrogens is 557 g/mol. The summed E-state index contributed by atoms with van der Waals surface area (Å²) in [5, 5.41) is 0. The van der Waals surface area contributed by atoms with Gasteiger partial charge < -0.3 is 4.55 Å². The molecule has 0 aliphatic heterocycles. The molecule has 3 rings (SSSR count). The van der Waals surface area contributed by atoms with Crippen molar-refractivity contribution in [1.82, 2.24) is 0 Å². The van der Waals surface area contributed by atoms with Crippen LogP contribution < -0.4 is 21.2 Å². The smallest absolute Gasteiger partial charge is 0.357 e. The van der Waals surface area contributed by atoms with Crippen LogP contribution in [-0.2, 0) is 20.9 Å². The lowest BCUT2D eigenvalue weighted by atomic mass is 9.87. The van der Waals surface area contributed by atoms with Gasteiger partial charge in [0.1, 0.15) is 21.8 Å². The molecular formula is C26H29F2IO3S. The van der Waals surface area contributed by atoms with Gasteiger partial charge in [0.25, 0.3) is 0 Å². The number of hydrogen-bond acceptors (Lipinski definition) is 3. The Morgan fingerprint density at radius 1 is 0.697 bits per heavy atom. The Balaban J connectivity index is 0.000000273. The quantitative estimate of drug-likeness (QED) is 0.350. The number of halogens is 3. The summed E-state index contributed by atoms with van der Waals surface area (Å²) in [6, 6.07) is 20.0. The van der Waals surface area contributed by atoms with Crippen LogP contribution in [0.1, 0.15) is 52.7 Å². The molecule has 3 aromatic rings. The van der Waals surface area contributed by atoms with Crippen molar-refractivity contribution in [2.45, 2.75) is 57.3 Å². The maximum atomic E-state index is 12.5. The molecule has 0 N–H and O–H groups in total. The maximum absolute atomic E-state index is 12.5. The van der Waals surface area contributed by atoms with Crippen LogP contribution in [0.4, 0.5) is 8.78 Å². The summed E-state index contributed by atoms with van der Waals surface area (Å²) in [6.07, 6.45) is 0. The molecule has 0 aliphatic carbocycles. The van der Waals surface area contributed by atoms with Crippen LogP contribution in [0.25, 0.3) is 0 Å². The molecule has 3 aromatic carbocycles. The van der Waals surface area contributed by atoms with E-state index in [4.69, 9.17) is 0 Å². The van der Waals surface area contributed by atoms with Crippen molar-refractivity contribution in [2.75, 3.05) is 0 Å². The van der Waals surface area contributed by atoms with E-state index in [-0.39, 0.29) is 32.0 Å². The van der Waals surface area contributed by atoms with E-state index in [2.05, 4.69) is 90.1 Å². The van der Waals surface area contributed by atoms with Gasteiger partial charge in [-0.25, -0.2) is 17.2 Å². The molecule has 3 nitrogen and oxygen atoms in total. The fourth-order valence-electron chi connectivity index (χ4n) is 2.83. The number of hydrogen-bond donors (Lipinski definition) is 0. The Labute approximate surface area is 206 Å². The minimum Gasteiger partial charge on any atom is -0.744 e. The monoisotopic (exact) mass is 586 g/mol. The van der Waals surface area contributed by atoms with Crippen molar-refractivity contribution < 1.29 is 43.0 Å². The summed E-state index contributed by atoms with van der Waals surface area (Å²) in [5.41, 5.74) is 3.31. The Hall–Kier alpha value is -1.84. The van der Waals surface area contributed by atoms with Crippen molar-refractivity contribution in [3.8, 4) is 0 Å².